The number of unbranched alkanes of at least 4 members (excludes halogenated alkanes) is 22. The predicted molar refractivity (Wildman–Crippen MR) is 183 cm³/mol. The minimum absolute atomic E-state index is 0.0610. The molecule has 0 heterocycles. The van der Waals surface area contributed by atoms with Gasteiger partial charge < -0.3 is 0 Å². The number of benzene rings is 2. The van der Waals surface area contributed by atoms with E-state index in [0.717, 1.165) is 35.6 Å². The monoisotopic (exact) mass is 600 g/mol. The summed E-state index contributed by atoms with van der Waals surface area (Å²) in [7, 11) is -4.26. The van der Waals surface area contributed by atoms with E-state index in [-0.39, 0.29) is 4.90 Å². The van der Waals surface area contributed by atoms with Gasteiger partial charge in [-0.05, 0) is 48.3 Å². The standard InChI is InChI=1S/C38H64O3S/c1-3-5-7-9-11-13-15-17-19-21-23-25-28-34-32-35(38-36(33-34)30-27-31-37(38)42(39,40)41)29-26-24-22-20-18-16-14-12-10-8-6-4-2/h27,30-33H,3-26,28-29H2,1-2H3,(H,39,40,41). The van der Waals surface area contributed by atoms with Gasteiger partial charge in [0.2, 0.25) is 0 Å². The second-order valence-corrected chi connectivity index (χ2v) is 14.3. The average molecular weight is 601 g/mol. The zero-order chi connectivity index (χ0) is 30.3. The Morgan fingerprint density at radius 2 is 0.929 bits per heavy atom. The van der Waals surface area contributed by atoms with Crippen molar-refractivity contribution < 1.29 is 13.0 Å². The molecule has 0 aromatic heterocycles. The molecule has 0 saturated carbocycles. The third kappa shape index (κ3) is 15.9. The molecule has 1 N–H and O–H groups in total. The van der Waals surface area contributed by atoms with Crippen LogP contribution in [0.15, 0.2) is 35.2 Å². The van der Waals surface area contributed by atoms with Crippen molar-refractivity contribution >= 4 is 20.9 Å². The smallest absolute Gasteiger partial charge is 0.282 e. The fourth-order valence-electron chi connectivity index (χ4n) is 6.43. The van der Waals surface area contributed by atoms with Gasteiger partial charge >= 0.3 is 0 Å². The molecule has 0 unspecified atom stereocenters. The number of fused-ring (bicyclic) bond motifs is 1. The Morgan fingerprint density at radius 3 is 1.36 bits per heavy atom. The first-order valence-corrected chi connectivity index (χ1v) is 19.4. The maximum atomic E-state index is 12.2. The van der Waals surface area contributed by atoms with Crippen LogP contribution in [0.1, 0.15) is 179 Å². The molecule has 42 heavy (non-hydrogen) atoms. The van der Waals surface area contributed by atoms with E-state index in [4.69, 9.17) is 0 Å². The molecular weight excluding hydrogens is 536 g/mol. The van der Waals surface area contributed by atoms with Crippen molar-refractivity contribution in [1.82, 2.24) is 0 Å². The summed E-state index contributed by atoms with van der Waals surface area (Å²) < 4.78 is 34.4. The van der Waals surface area contributed by atoms with E-state index in [2.05, 4.69) is 26.0 Å². The lowest BCUT2D eigenvalue weighted by Crippen LogP contribution is -2.02. The van der Waals surface area contributed by atoms with E-state index in [0.29, 0.717) is 0 Å². The highest BCUT2D eigenvalue weighted by molar-refractivity contribution is 7.86. The lowest BCUT2D eigenvalue weighted by Gasteiger charge is -2.13. The quantitative estimate of drug-likeness (QED) is 0.0819. The SMILES string of the molecule is CCCCCCCCCCCCCCc1cc(CCCCCCCCCCCCCC)c2c(S(=O)(=O)O)cccc2c1. The molecule has 4 heteroatoms. The molecule has 2 aromatic carbocycles. The van der Waals surface area contributed by atoms with Crippen molar-refractivity contribution in [2.24, 2.45) is 0 Å². The molecule has 0 aliphatic carbocycles. The van der Waals surface area contributed by atoms with Crippen LogP contribution in [0.5, 0.6) is 0 Å². The lowest BCUT2D eigenvalue weighted by atomic mass is 9.94. The third-order valence-corrected chi connectivity index (χ3v) is 9.87. The van der Waals surface area contributed by atoms with Crippen molar-refractivity contribution in [2.75, 3.05) is 0 Å². The van der Waals surface area contributed by atoms with E-state index in [1.165, 1.54) is 153 Å². The van der Waals surface area contributed by atoms with Crippen LogP contribution in [0.2, 0.25) is 0 Å². The van der Waals surface area contributed by atoms with Gasteiger partial charge in [-0.25, -0.2) is 0 Å². The minimum Gasteiger partial charge on any atom is -0.282 e. The van der Waals surface area contributed by atoms with Gasteiger partial charge in [-0.1, -0.05) is 179 Å². The molecule has 0 amide bonds. The number of aryl methyl sites for hydroxylation is 2. The molecule has 0 radical (unpaired) electrons. The van der Waals surface area contributed by atoms with Crippen LogP contribution in [0.3, 0.4) is 0 Å². The van der Waals surface area contributed by atoms with Crippen LogP contribution in [0, 0.1) is 0 Å². The molecule has 0 bridgehead atoms. The maximum Gasteiger partial charge on any atom is 0.295 e. The van der Waals surface area contributed by atoms with E-state index < -0.39 is 10.1 Å². The van der Waals surface area contributed by atoms with Crippen LogP contribution in [0.4, 0.5) is 0 Å². The number of rotatable bonds is 27. The normalized spacial score (nSPS) is 12.0. The summed E-state index contributed by atoms with van der Waals surface area (Å²) in [5, 5.41) is 1.66. The Labute approximate surface area is 260 Å². The molecule has 0 saturated heterocycles. The van der Waals surface area contributed by atoms with Crippen molar-refractivity contribution in [1.29, 1.82) is 0 Å². The Hall–Kier alpha value is -1.39. The molecule has 0 spiro atoms. The molecule has 0 fully saturated rings. The van der Waals surface area contributed by atoms with E-state index in [1.807, 2.05) is 6.07 Å². The lowest BCUT2D eigenvalue weighted by molar-refractivity contribution is 0.484. The fourth-order valence-corrected chi connectivity index (χ4v) is 7.19. The van der Waals surface area contributed by atoms with E-state index in [1.54, 1.807) is 12.1 Å². The summed E-state index contributed by atoms with van der Waals surface area (Å²) in [6, 6.07) is 9.69. The average Bonchev–Trinajstić information content (AvgIpc) is 2.97. The van der Waals surface area contributed by atoms with Gasteiger partial charge in [-0.2, -0.15) is 8.42 Å². The van der Waals surface area contributed by atoms with Gasteiger partial charge in [0, 0.05) is 5.39 Å². The molecule has 2 rings (SSSR count). The molecule has 3 nitrogen and oxygen atoms in total. The summed E-state index contributed by atoms with van der Waals surface area (Å²) >= 11 is 0. The minimum atomic E-state index is -4.26. The highest BCUT2D eigenvalue weighted by atomic mass is 32.2. The summed E-state index contributed by atoms with van der Waals surface area (Å²) in [6.07, 6.45) is 33.8. The van der Waals surface area contributed by atoms with Crippen LogP contribution in [-0.4, -0.2) is 13.0 Å². The first-order valence-electron chi connectivity index (χ1n) is 18.0. The van der Waals surface area contributed by atoms with Crippen molar-refractivity contribution in [2.45, 2.75) is 186 Å². The summed E-state index contributed by atoms with van der Waals surface area (Å²) in [4.78, 5) is 0.0610. The summed E-state index contributed by atoms with van der Waals surface area (Å²) in [5.74, 6) is 0. The zero-order valence-electron chi connectivity index (χ0n) is 27.4. The van der Waals surface area contributed by atoms with Gasteiger partial charge in [0.25, 0.3) is 10.1 Å². The van der Waals surface area contributed by atoms with Crippen LogP contribution in [-0.2, 0) is 23.0 Å². The van der Waals surface area contributed by atoms with Crippen molar-refractivity contribution in [3.05, 3.63) is 41.5 Å². The molecule has 2 aromatic rings. The Kier molecular flexibility index (Phi) is 20.2. The van der Waals surface area contributed by atoms with E-state index in [9.17, 15) is 13.0 Å². The Bertz CT molecular complexity index is 1060. The molecule has 0 aliphatic rings. The number of hydrogen-bond acceptors (Lipinski definition) is 2. The molecular formula is C38H64O3S. The number of hydrogen-bond donors (Lipinski definition) is 1. The zero-order valence-corrected chi connectivity index (χ0v) is 28.3. The van der Waals surface area contributed by atoms with Crippen LogP contribution in [0.25, 0.3) is 10.8 Å². The van der Waals surface area contributed by atoms with Crippen LogP contribution < -0.4 is 0 Å². The largest absolute Gasteiger partial charge is 0.295 e. The second kappa shape index (κ2) is 23.1. The van der Waals surface area contributed by atoms with Gasteiger partial charge in [0.05, 0.1) is 0 Å². The van der Waals surface area contributed by atoms with Gasteiger partial charge in [0.15, 0.2) is 0 Å². The first-order chi connectivity index (χ1) is 20.5. The Balaban J connectivity index is 1.78. The summed E-state index contributed by atoms with van der Waals surface area (Å²) in [5.41, 5.74) is 2.39. The highest BCUT2D eigenvalue weighted by Gasteiger charge is 2.17. The molecule has 240 valence electrons. The molecule has 0 atom stereocenters. The Morgan fingerprint density at radius 1 is 0.524 bits per heavy atom. The van der Waals surface area contributed by atoms with E-state index >= 15 is 0 Å². The summed E-state index contributed by atoms with van der Waals surface area (Å²) in [6.45, 7) is 4.55. The fraction of sp³-hybridized carbons (Fsp3) is 0.737. The van der Waals surface area contributed by atoms with Gasteiger partial charge in [-0.15, -0.1) is 0 Å². The second-order valence-electron chi connectivity index (χ2n) is 12.9. The van der Waals surface area contributed by atoms with Gasteiger partial charge in [-0.3, -0.25) is 4.55 Å². The predicted octanol–water partition coefficient (Wildman–Crippen LogP) is 12.6. The first kappa shape index (κ1) is 36.8. The topological polar surface area (TPSA) is 54.4 Å². The van der Waals surface area contributed by atoms with Crippen molar-refractivity contribution in [3.63, 3.8) is 0 Å². The molecule has 0 aliphatic heterocycles. The highest BCUT2D eigenvalue weighted by Crippen LogP contribution is 2.30. The maximum absolute atomic E-state index is 12.2. The van der Waals surface area contributed by atoms with Gasteiger partial charge in [0.1, 0.15) is 4.90 Å². The van der Waals surface area contributed by atoms with Crippen molar-refractivity contribution in [3.8, 4) is 0 Å². The van der Waals surface area contributed by atoms with Crippen LogP contribution >= 0.6 is 0 Å². The third-order valence-electron chi connectivity index (χ3n) is 8.98.